The molecule has 0 N–H and O–H groups in total. The molecule has 0 aliphatic carbocycles. The molecule has 0 unspecified atom stereocenters. The van der Waals surface area contributed by atoms with Gasteiger partial charge >= 0.3 is 0 Å². The minimum atomic E-state index is 1.09. The van der Waals surface area contributed by atoms with E-state index in [-0.39, 0.29) is 0 Å². The average molecular weight is 264 g/mol. The number of aryl methyl sites for hydroxylation is 2. The first-order valence-corrected chi connectivity index (χ1v) is 7.17. The molecule has 2 rings (SSSR count). The zero-order chi connectivity index (χ0) is 14.8. The molecule has 2 aromatic rings. The Labute approximate surface area is 123 Å². The van der Waals surface area contributed by atoms with Crippen LogP contribution in [0.1, 0.15) is 36.1 Å². The maximum Gasteiger partial charge on any atom is -0.0231 e. The van der Waals surface area contributed by atoms with Crippen LogP contribution in [0.5, 0.6) is 0 Å². The second-order valence-corrected chi connectivity index (χ2v) is 4.51. The Balaban J connectivity index is 0.000000200. The van der Waals surface area contributed by atoms with Gasteiger partial charge in [-0.05, 0) is 35.1 Å². The molecule has 0 aliphatic heterocycles. The molecule has 0 radical (unpaired) electrons. The van der Waals surface area contributed by atoms with Crippen LogP contribution >= 0.6 is 0 Å². The molecule has 2 aromatic carbocycles. The van der Waals surface area contributed by atoms with Crippen molar-refractivity contribution >= 4 is 12.2 Å². The summed E-state index contributed by atoms with van der Waals surface area (Å²) in [6.45, 7) is 11.8. The molecule has 0 nitrogen and oxygen atoms in total. The summed E-state index contributed by atoms with van der Waals surface area (Å²) < 4.78 is 0. The van der Waals surface area contributed by atoms with Crippen LogP contribution in [0.2, 0.25) is 0 Å². The van der Waals surface area contributed by atoms with E-state index in [1.807, 2.05) is 24.3 Å². The summed E-state index contributed by atoms with van der Waals surface area (Å²) in [5.41, 5.74) is 5.25. The van der Waals surface area contributed by atoms with Crippen molar-refractivity contribution in [1.82, 2.24) is 0 Å². The number of benzene rings is 2. The highest BCUT2D eigenvalue weighted by Crippen LogP contribution is 2.10. The highest BCUT2D eigenvalue weighted by atomic mass is 14.0. The van der Waals surface area contributed by atoms with Crippen molar-refractivity contribution in [2.75, 3.05) is 0 Å². The highest BCUT2D eigenvalue weighted by molar-refractivity contribution is 5.52. The Morgan fingerprint density at radius 1 is 0.700 bits per heavy atom. The smallest absolute Gasteiger partial charge is 0.0231 e. The standard InChI is InChI=1S/2C10H12/c2*1-3-9-7-5-6-8-10(9)4-2/h2*3,5-8H,1,4H2,2H3. The Bertz CT molecular complexity index is 498. The summed E-state index contributed by atoms with van der Waals surface area (Å²) in [6, 6.07) is 16.6. The van der Waals surface area contributed by atoms with E-state index in [1.54, 1.807) is 0 Å². The van der Waals surface area contributed by atoms with Crippen molar-refractivity contribution in [3.8, 4) is 0 Å². The molecule has 0 saturated carbocycles. The van der Waals surface area contributed by atoms with Crippen molar-refractivity contribution in [1.29, 1.82) is 0 Å². The van der Waals surface area contributed by atoms with Crippen molar-refractivity contribution in [3.63, 3.8) is 0 Å². The summed E-state index contributed by atoms with van der Waals surface area (Å²) in [6.07, 6.45) is 5.97. The Morgan fingerprint density at radius 3 is 1.30 bits per heavy atom. The lowest BCUT2D eigenvalue weighted by molar-refractivity contribution is 1.13. The number of hydrogen-bond donors (Lipinski definition) is 0. The zero-order valence-electron chi connectivity index (χ0n) is 12.6. The second-order valence-electron chi connectivity index (χ2n) is 4.51. The van der Waals surface area contributed by atoms with Gasteiger partial charge in [-0.3, -0.25) is 0 Å². The summed E-state index contributed by atoms with van der Waals surface area (Å²) in [5, 5.41) is 0. The lowest BCUT2D eigenvalue weighted by Gasteiger charge is -1.99. The quantitative estimate of drug-likeness (QED) is 0.656. The predicted octanol–water partition coefficient (Wildman–Crippen LogP) is 5.78. The van der Waals surface area contributed by atoms with Crippen LogP contribution in [0, 0.1) is 0 Å². The van der Waals surface area contributed by atoms with Gasteiger partial charge in [0.1, 0.15) is 0 Å². The first-order chi connectivity index (χ1) is 9.76. The predicted molar refractivity (Wildman–Crippen MR) is 91.8 cm³/mol. The largest absolute Gasteiger partial charge is 0.0985 e. The molecular formula is C20H24. The first-order valence-electron chi connectivity index (χ1n) is 7.17. The van der Waals surface area contributed by atoms with E-state index < -0.39 is 0 Å². The molecule has 0 bridgehead atoms. The molecule has 0 spiro atoms. The van der Waals surface area contributed by atoms with Gasteiger partial charge in [-0.2, -0.15) is 0 Å². The number of rotatable bonds is 4. The molecule has 0 heterocycles. The molecular weight excluding hydrogens is 240 g/mol. The van der Waals surface area contributed by atoms with Crippen LogP contribution in [-0.2, 0) is 12.8 Å². The second kappa shape index (κ2) is 8.92. The topological polar surface area (TPSA) is 0 Å². The van der Waals surface area contributed by atoms with Crippen molar-refractivity contribution in [2.24, 2.45) is 0 Å². The van der Waals surface area contributed by atoms with Crippen molar-refractivity contribution in [3.05, 3.63) is 83.9 Å². The van der Waals surface area contributed by atoms with Gasteiger partial charge in [0.2, 0.25) is 0 Å². The third-order valence-corrected chi connectivity index (χ3v) is 3.31. The van der Waals surface area contributed by atoms with Crippen LogP contribution < -0.4 is 0 Å². The minimum absolute atomic E-state index is 1.09. The van der Waals surface area contributed by atoms with Gasteiger partial charge in [0.25, 0.3) is 0 Å². The Morgan fingerprint density at radius 2 is 1.05 bits per heavy atom. The van der Waals surface area contributed by atoms with E-state index in [1.165, 1.54) is 22.3 Å². The van der Waals surface area contributed by atoms with Gasteiger partial charge in [-0.25, -0.2) is 0 Å². The van der Waals surface area contributed by atoms with Crippen LogP contribution in [0.15, 0.2) is 61.7 Å². The van der Waals surface area contributed by atoms with E-state index >= 15 is 0 Å². The van der Waals surface area contributed by atoms with E-state index in [9.17, 15) is 0 Å². The summed E-state index contributed by atoms with van der Waals surface area (Å²) in [7, 11) is 0. The van der Waals surface area contributed by atoms with E-state index in [2.05, 4.69) is 63.4 Å². The zero-order valence-corrected chi connectivity index (χ0v) is 12.6. The van der Waals surface area contributed by atoms with Crippen LogP contribution in [0.4, 0.5) is 0 Å². The van der Waals surface area contributed by atoms with Crippen LogP contribution in [-0.4, -0.2) is 0 Å². The van der Waals surface area contributed by atoms with Gasteiger partial charge in [0, 0.05) is 0 Å². The molecule has 0 saturated heterocycles. The van der Waals surface area contributed by atoms with Gasteiger partial charge in [-0.15, -0.1) is 0 Å². The van der Waals surface area contributed by atoms with Gasteiger partial charge in [0.15, 0.2) is 0 Å². The Hall–Kier alpha value is -2.08. The molecule has 20 heavy (non-hydrogen) atoms. The molecule has 104 valence electrons. The summed E-state index contributed by atoms with van der Waals surface area (Å²) >= 11 is 0. The normalized spacial score (nSPS) is 9.30. The first kappa shape index (κ1) is 16.0. The summed E-state index contributed by atoms with van der Waals surface area (Å²) in [4.78, 5) is 0. The fourth-order valence-corrected chi connectivity index (χ4v) is 2.11. The average Bonchev–Trinajstić information content (AvgIpc) is 2.55. The maximum atomic E-state index is 3.74. The van der Waals surface area contributed by atoms with Crippen molar-refractivity contribution in [2.45, 2.75) is 26.7 Å². The fourth-order valence-electron chi connectivity index (χ4n) is 2.11. The Kier molecular flexibility index (Phi) is 7.13. The molecule has 0 aromatic heterocycles. The van der Waals surface area contributed by atoms with Gasteiger partial charge in [0.05, 0.1) is 0 Å². The van der Waals surface area contributed by atoms with Gasteiger partial charge in [-0.1, -0.05) is 87.7 Å². The van der Waals surface area contributed by atoms with Crippen molar-refractivity contribution < 1.29 is 0 Å². The van der Waals surface area contributed by atoms with Crippen LogP contribution in [0.3, 0.4) is 0 Å². The third kappa shape index (κ3) is 4.55. The highest BCUT2D eigenvalue weighted by Gasteiger charge is 1.92. The molecule has 0 atom stereocenters. The van der Waals surface area contributed by atoms with E-state index in [0.717, 1.165) is 12.8 Å². The maximum absolute atomic E-state index is 3.74. The fraction of sp³-hybridized carbons (Fsp3) is 0.200. The third-order valence-electron chi connectivity index (χ3n) is 3.31. The lowest BCUT2D eigenvalue weighted by Crippen LogP contribution is -1.83. The molecule has 0 aliphatic rings. The lowest BCUT2D eigenvalue weighted by atomic mass is 10.1. The molecule has 0 fully saturated rings. The monoisotopic (exact) mass is 264 g/mol. The molecule has 0 amide bonds. The van der Waals surface area contributed by atoms with Crippen LogP contribution in [0.25, 0.3) is 12.2 Å². The molecule has 0 heteroatoms. The summed E-state index contributed by atoms with van der Waals surface area (Å²) in [5.74, 6) is 0. The van der Waals surface area contributed by atoms with E-state index in [4.69, 9.17) is 0 Å². The number of hydrogen-bond acceptors (Lipinski definition) is 0. The van der Waals surface area contributed by atoms with Gasteiger partial charge < -0.3 is 0 Å². The van der Waals surface area contributed by atoms with E-state index in [0.29, 0.717) is 0 Å². The minimum Gasteiger partial charge on any atom is -0.0985 e. The SMILES string of the molecule is C=Cc1ccccc1CC.C=Cc1ccccc1CC.